The van der Waals surface area contributed by atoms with Crippen molar-refractivity contribution >= 4 is 0 Å². The first-order valence-corrected chi connectivity index (χ1v) is 6.33. The predicted octanol–water partition coefficient (Wildman–Crippen LogP) is 1.99. The largest absolute Gasteiger partial charge is 0.416 e. The van der Waals surface area contributed by atoms with E-state index in [4.69, 9.17) is 0 Å². The molecule has 0 saturated carbocycles. The van der Waals surface area contributed by atoms with Gasteiger partial charge in [0.25, 0.3) is 0 Å². The molecular formula is C13H13F3N4. The minimum atomic E-state index is -4.35. The first-order valence-electron chi connectivity index (χ1n) is 6.33. The zero-order chi connectivity index (χ0) is 14.2. The van der Waals surface area contributed by atoms with Gasteiger partial charge in [0, 0.05) is 19.5 Å². The van der Waals surface area contributed by atoms with Crippen LogP contribution < -0.4 is 5.32 Å². The van der Waals surface area contributed by atoms with Crippen LogP contribution in [-0.2, 0) is 25.7 Å². The maximum atomic E-state index is 13.0. The van der Waals surface area contributed by atoms with Crippen LogP contribution in [-0.4, -0.2) is 21.5 Å². The molecule has 106 valence electrons. The molecular weight excluding hydrogens is 269 g/mol. The summed E-state index contributed by atoms with van der Waals surface area (Å²) < 4.78 is 40.5. The summed E-state index contributed by atoms with van der Waals surface area (Å²) in [4.78, 5) is 0. The lowest BCUT2D eigenvalue weighted by Crippen LogP contribution is -2.25. The predicted molar refractivity (Wildman–Crippen MR) is 66.0 cm³/mol. The van der Waals surface area contributed by atoms with E-state index < -0.39 is 11.7 Å². The number of benzene rings is 1. The molecule has 2 heterocycles. The summed E-state index contributed by atoms with van der Waals surface area (Å²) in [5.74, 6) is 0. The first-order chi connectivity index (χ1) is 9.55. The Morgan fingerprint density at radius 1 is 1.25 bits per heavy atom. The molecule has 0 unspecified atom stereocenters. The summed E-state index contributed by atoms with van der Waals surface area (Å²) in [6, 6.07) is 5.58. The molecule has 20 heavy (non-hydrogen) atoms. The first kappa shape index (κ1) is 13.1. The van der Waals surface area contributed by atoms with Gasteiger partial charge in [0.05, 0.1) is 23.5 Å². The van der Waals surface area contributed by atoms with Gasteiger partial charge in [-0.3, -0.25) is 0 Å². The van der Waals surface area contributed by atoms with Crippen LogP contribution in [0.4, 0.5) is 13.2 Å². The fraction of sp³-hybridized carbons (Fsp3) is 0.385. The van der Waals surface area contributed by atoms with Crippen molar-refractivity contribution < 1.29 is 13.2 Å². The van der Waals surface area contributed by atoms with Crippen molar-refractivity contribution in [1.29, 1.82) is 0 Å². The third kappa shape index (κ3) is 2.40. The lowest BCUT2D eigenvalue weighted by atomic mass is 10.1. The van der Waals surface area contributed by atoms with E-state index in [0.29, 0.717) is 6.54 Å². The lowest BCUT2D eigenvalue weighted by molar-refractivity contribution is -0.138. The van der Waals surface area contributed by atoms with Gasteiger partial charge in [-0.05, 0) is 11.6 Å². The SMILES string of the molecule is FC(F)(F)c1ccccc1Cn1nnc2c1CCNC2. The lowest BCUT2D eigenvalue weighted by Gasteiger charge is -2.16. The van der Waals surface area contributed by atoms with Crippen molar-refractivity contribution in [1.82, 2.24) is 20.3 Å². The molecule has 0 amide bonds. The van der Waals surface area contributed by atoms with E-state index in [1.807, 2.05) is 0 Å². The second-order valence-corrected chi connectivity index (χ2v) is 4.72. The molecule has 4 nitrogen and oxygen atoms in total. The molecule has 1 aliphatic heterocycles. The molecule has 2 aromatic rings. The molecule has 1 N–H and O–H groups in total. The van der Waals surface area contributed by atoms with Crippen LogP contribution in [0.25, 0.3) is 0 Å². The van der Waals surface area contributed by atoms with Crippen molar-refractivity contribution in [2.75, 3.05) is 6.54 Å². The van der Waals surface area contributed by atoms with E-state index in [2.05, 4.69) is 15.6 Å². The van der Waals surface area contributed by atoms with Crippen LogP contribution in [0.5, 0.6) is 0 Å². The molecule has 1 aliphatic rings. The molecule has 0 fully saturated rings. The summed E-state index contributed by atoms with van der Waals surface area (Å²) in [6.45, 7) is 1.51. The fourth-order valence-electron chi connectivity index (χ4n) is 2.42. The second-order valence-electron chi connectivity index (χ2n) is 4.72. The van der Waals surface area contributed by atoms with Crippen LogP contribution in [0.2, 0.25) is 0 Å². The third-order valence-electron chi connectivity index (χ3n) is 3.39. The monoisotopic (exact) mass is 282 g/mol. The molecule has 0 aliphatic carbocycles. The van der Waals surface area contributed by atoms with Gasteiger partial charge >= 0.3 is 6.18 Å². The average molecular weight is 282 g/mol. The fourth-order valence-corrected chi connectivity index (χ4v) is 2.42. The Balaban J connectivity index is 1.94. The highest BCUT2D eigenvalue weighted by molar-refractivity contribution is 5.30. The number of alkyl halides is 3. The molecule has 1 aromatic heterocycles. The number of hydrogen-bond donors (Lipinski definition) is 1. The van der Waals surface area contributed by atoms with Gasteiger partial charge in [-0.2, -0.15) is 13.2 Å². The van der Waals surface area contributed by atoms with E-state index in [9.17, 15) is 13.2 Å². The zero-order valence-electron chi connectivity index (χ0n) is 10.6. The number of nitrogens with one attached hydrogen (secondary N) is 1. The van der Waals surface area contributed by atoms with Crippen LogP contribution in [0.3, 0.4) is 0 Å². The van der Waals surface area contributed by atoms with Gasteiger partial charge in [0.15, 0.2) is 0 Å². The van der Waals surface area contributed by atoms with E-state index in [0.717, 1.165) is 30.4 Å². The van der Waals surface area contributed by atoms with E-state index >= 15 is 0 Å². The number of rotatable bonds is 2. The minimum absolute atomic E-state index is 0.0953. The van der Waals surface area contributed by atoms with Crippen LogP contribution in [0.1, 0.15) is 22.5 Å². The Morgan fingerprint density at radius 2 is 2.05 bits per heavy atom. The van der Waals surface area contributed by atoms with E-state index in [1.54, 1.807) is 10.7 Å². The number of fused-ring (bicyclic) bond motifs is 1. The summed E-state index contributed by atoms with van der Waals surface area (Å²) in [5, 5.41) is 11.1. The van der Waals surface area contributed by atoms with Gasteiger partial charge in [0.2, 0.25) is 0 Å². The van der Waals surface area contributed by atoms with Crippen molar-refractivity contribution in [3.8, 4) is 0 Å². The van der Waals surface area contributed by atoms with Crippen LogP contribution in [0.15, 0.2) is 24.3 Å². The maximum Gasteiger partial charge on any atom is 0.416 e. The minimum Gasteiger partial charge on any atom is -0.311 e. The molecule has 0 spiro atoms. The molecule has 3 rings (SSSR count). The quantitative estimate of drug-likeness (QED) is 0.916. The Kier molecular flexibility index (Phi) is 3.21. The van der Waals surface area contributed by atoms with Gasteiger partial charge in [-0.1, -0.05) is 23.4 Å². The Labute approximate surface area is 113 Å². The standard InChI is InChI=1S/C13H13F3N4/c14-13(15,16)10-4-2-1-3-9(10)8-20-12-5-6-17-7-11(12)18-19-20/h1-4,17H,5-8H2. The number of hydrogen-bond acceptors (Lipinski definition) is 3. The van der Waals surface area contributed by atoms with E-state index in [-0.39, 0.29) is 12.1 Å². The Bertz CT molecular complexity index is 618. The van der Waals surface area contributed by atoms with Gasteiger partial charge in [-0.25, -0.2) is 4.68 Å². The summed E-state index contributed by atoms with van der Waals surface area (Å²) in [7, 11) is 0. The normalized spacial score (nSPS) is 15.2. The highest BCUT2D eigenvalue weighted by atomic mass is 19.4. The molecule has 0 radical (unpaired) electrons. The highest BCUT2D eigenvalue weighted by Gasteiger charge is 2.33. The molecule has 1 aromatic carbocycles. The molecule has 0 bridgehead atoms. The van der Waals surface area contributed by atoms with Crippen molar-refractivity contribution in [2.24, 2.45) is 0 Å². The van der Waals surface area contributed by atoms with Crippen molar-refractivity contribution in [3.05, 3.63) is 46.8 Å². The third-order valence-corrected chi connectivity index (χ3v) is 3.39. The summed E-state index contributed by atoms with van der Waals surface area (Å²) >= 11 is 0. The number of nitrogens with zero attached hydrogens (tertiary/aromatic N) is 3. The molecule has 0 atom stereocenters. The van der Waals surface area contributed by atoms with Gasteiger partial charge < -0.3 is 5.32 Å². The topological polar surface area (TPSA) is 42.7 Å². The van der Waals surface area contributed by atoms with Gasteiger partial charge in [0.1, 0.15) is 0 Å². The Hall–Kier alpha value is -1.89. The van der Waals surface area contributed by atoms with Crippen molar-refractivity contribution in [2.45, 2.75) is 25.7 Å². The zero-order valence-corrected chi connectivity index (χ0v) is 10.6. The number of halogens is 3. The smallest absolute Gasteiger partial charge is 0.311 e. The highest BCUT2D eigenvalue weighted by Crippen LogP contribution is 2.32. The molecule has 7 heteroatoms. The summed E-state index contributed by atoms with van der Waals surface area (Å²) in [6.07, 6.45) is -3.62. The number of aromatic nitrogens is 3. The van der Waals surface area contributed by atoms with Crippen molar-refractivity contribution in [3.63, 3.8) is 0 Å². The average Bonchev–Trinajstić information content (AvgIpc) is 2.82. The Morgan fingerprint density at radius 3 is 2.85 bits per heavy atom. The van der Waals surface area contributed by atoms with Crippen LogP contribution in [0, 0.1) is 0 Å². The maximum absolute atomic E-state index is 13.0. The summed E-state index contributed by atoms with van der Waals surface area (Å²) in [5.41, 5.74) is 1.34. The van der Waals surface area contributed by atoms with Crippen LogP contribution >= 0.6 is 0 Å². The second kappa shape index (κ2) is 4.90. The molecule has 0 saturated heterocycles. The van der Waals surface area contributed by atoms with E-state index in [1.165, 1.54) is 12.1 Å². The van der Waals surface area contributed by atoms with Gasteiger partial charge in [-0.15, -0.1) is 5.10 Å².